The lowest BCUT2D eigenvalue weighted by Crippen LogP contribution is -1.97. The zero-order valence-electron chi connectivity index (χ0n) is 8.64. The lowest BCUT2D eigenvalue weighted by Gasteiger charge is -2.05. The Balaban J connectivity index is 2.49. The van der Waals surface area contributed by atoms with Crippen LogP contribution in [-0.4, -0.2) is 9.97 Å². The maximum absolute atomic E-state index is 5.58. The highest BCUT2D eigenvalue weighted by Crippen LogP contribution is 2.21. The first-order valence-electron chi connectivity index (χ1n) is 4.86. The second-order valence-corrected chi connectivity index (χ2v) is 3.48. The molecular formula is C12H13N3. The third-order valence-electron chi connectivity index (χ3n) is 2.38. The van der Waals surface area contributed by atoms with Crippen molar-refractivity contribution < 1.29 is 0 Å². The van der Waals surface area contributed by atoms with Gasteiger partial charge in [-0.25, -0.2) is 0 Å². The quantitative estimate of drug-likeness (QED) is 0.803. The van der Waals surface area contributed by atoms with Crippen molar-refractivity contribution in [2.75, 3.05) is 0 Å². The summed E-state index contributed by atoms with van der Waals surface area (Å²) in [5.74, 6) is 0. The Morgan fingerprint density at radius 3 is 2.80 bits per heavy atom. The summed E-state index contributed by atoms with van der Waals surface area (Å²) < 4.78 is 0. The van der Waals surface area contributed by atoms with Gasteiger partial charge in [0.05, 0.1) is 0 Å². The Labute approximate surface area is 89.0 Å². The molecule has 2 aromatic rings. The van der Waals surface area contributed by atoms with Crippen molar-refractivity contribution in [2.45, 2.75) is 13.5 Å². The Hall–Kier alpha value is -1.74. The topological polar surface area (TPSA) is 51.8 Å². The number of nitrogens with two attached hydrogens (primary N) is 1. The van der Waals surface area contributed by atoms with E-state index in [0.717, 1.165) is 16.7 Å². The molecule has 0 fully saturated rings. The lowest BCUT2D eigenvalue weighted by atomic mass is 10.0. The largest absolute Gasteiger partial charge is 0.326 e. The molecule has 15 heavy (non-hydrogen) atoms. The predicted molar refractivity (Wildman–Crippen MR) is 60.1 cm³/mol. The van der Waals surface area contributed by atoms with E-state index >= 15 is 0 Å². The Kier molecular flexibility index (Phi) is 2.74. The smallest absolute Gasteiger partial charge is 0.0349 e. The summed E-state index contributed by atoms with van der Waals surface area (Å²) >= 11 is 0. The van der Waals surface area contributed by atoms with E-state index in [1.54, 1.807) is 12.4 Å². The Morgan fingerprint density at radius 1 is 1.20 bits per heavy atom. The zero-order chi connectivity index (χ0) is 10.7. The number of aryl methyl sites for hydroxylation is 1. The van der Waals surface area contributed by atoms with Gasteiger partial charge in [-0.2, -0.15) is 0 Å². The van der Waals surface area contributed by atoms with Gasteiger partial charge in [0.15, 0.2) is 0 Å². The third-order valence-corrected chi connectivity index (χ3v) is 2.38. The van der Waals surface area contributed by atoms with Crippen molar-refractivity contribution in [3.63, 3.8) is 0 Å². The molecule has 0 aliphatic rings. The second kappa shape index (κ2) is 4.19. The first-order valence-corrected chi connectivity index (χ1v) is 4.86. The molecule has 0 saturated heterocycles. The molecule has 76 valence electrons. The molecule has 0 aliphatic heterocycles. The fourth-order valence-electron chi connectivity index (χ4n) is 1.51. The molecular weight excluding hydrogens is 186 g/mol. The van der Waals surface area contributed by atoms with Crippen molar-refractivity contribution in [2.24, 2.45) is 5.73 Å². The highest BCUT2D eigenvalue weighted by atomic mass is 14.7. The molecule has 0 bridgehead atoms. The fraction of sp³-hybridized carbons (Fsp3) is 0.167. The molecule has 0 unspecified atom stereocenters. The van der Waals surface area contributed by atoms with Gasteiger partial charge in [-0.05, 0) is 30.2 Å². The van der Waals surface area contributed by atoms with Crippen LogP contribution in [0, 0.1) is 6.92 Å². The van der Waals surface area contributed by atoms with E-state index in [4.69, 9.17) is 5.73 Å². The molecule has 2 aromatic heterocycles. The van der Waals surface area contributed by atoms with E-state index in [9.17, 15) is 0 Å². The van der Waals surface area contributed by atoms with E-state index in [2.05, 4.69) is 23.0 Å². The van der Waals surface area contributed by atoms with Crippen LogP contribution in [0.25, 0.3) is 11.1 Å². The van der Waals surface area contributed by atoms with Crippen molar-refractivity contribution in [1.82, 2.24) is 9.97 Å². The van der Waals surface area contributed by atoms with Crippen LogP contribution in [0.3, 0.4) is 0 Å². The van der Waals surface area contributed by atoms with Crippen molar-refractivity contribution in [3.8, 4) is 11.1 Å². The minimum atomic E-state index is 0.514. The van der Waals surface area contributed by atoms with Crippen LogP contribution >= 0.6 is 0 Å². The Morgan fingerprint density at radius 2 is 2.07 bits per heavy atom. The minimum Gasteiger partial charge on any atom is -0.326 e. The molecule has 2 heterocycles. The van der Waals surface area contributed by atoms with Gasteiger partial charge < -0.3 is 5.73 Å². The molecule has 0 saturated carbocycles. The maximum Gasteiger partial charge on any atom is 0.0349 e. The average molecular weight is 199 g/mol. The molecule has 2 rings (SSSR count). The minimum absolute atomic E-state index is 0.514. The zero-order valence-corrected chi connectivity index (χ0v) is 8.64. The standard InChI is InChI=1S/C12H13N3/c1-9-2-3-14-8-12(9)11-4-10(5-13)6-15-7-11/h2-4,6-8H,5,13H2,1H3. The third kappa shape index (κ3) is 2.02. The van der Waals surface area contributed by atoms with E-state index in [1.165, 1.54) is 5.56 Å². The number of hydrogen-bond donors (Lipinski definition) is 1. The molecule has 0 amide bonds. The maximum atomic E-state index is 5.58. The number of pyridine rings is 2. The summed E-state index contributed by atoms with van der Waals surface area (Å²) in [5, 5.41) is 0. The highest BCUT2D eigenvalue weighted by molar-refractivity contribution is 5.65. The molecule has 0 aromatic carbocycles. The molecule has 2 N–H and O–H groups in total. The summed E-state index contributed by atoms with van der Waals surface area (Å²) in [6.07, 6.45) is 7.27. The van der Waals surface area contributed by atoms with E-state index in [0.29, 0.717) is 6.54 Å². The van der Waals surface area contributed by atoms with E-state index < -0.39 is 0 Å². The van der Waals surface area contributed by atoms with E-state index in [1.807, 2.05) is 18.5 Å². The molecule has 0 spiro atoms. The normalized spacial score (nSPS) is 10.3. The summed E-state index contributed by atoms with van der Waals surface area (Å²) in [7, 11) is 0. The van der Waals surface area contributed by atoms with Gasteiger partial charge in [-0.15, -0.1) is 0 Å². The van der Waals surface area contributed by atoms with Crippen LogP contribution in [0.2, 0.25) is 0 Å². The van der Waals surface area contributed by atoms with Gasteiger partial charge in [0.2, 0.25) is 0 Å². The first-order chi connectivity index (χ1) is 7.31. The van der Waals surface area contributed by atoms with Gasteiger partial charge in [0, 0.05) is 42.5 Å². The van der Waals surface area contributed by atoms with Crippen LogP contribution < -0.4 is 5.73 Å². The van der Waals surface area contributed by atoms with E-state index in [-0.39, 0.29) is 0 Å². The van der Waals surface area contributed by atoms with Gasteiger partial charge in [-0.3, -0.25) is 9.97 Å². The molecule has 3 heteroatoms. The Bertz CT molecular complexity index is 466. The van der Waals surface area contributed by atoms with Crippen molar-refractivity contribution in [3.05, 3.63) is 48.0 Å². The number of rotatable bonds is 2. The number of hydrogen-bond acceptors (Lipinski definition) is 3. The summed E-state index contributed by atoms with van der Waals surface area (Å²) in [5.41, 5.74) is 10.00. The summed E-state index contributed by atoms with van der Waals surface area (Å²) in [6, 6.07) is 4.04. The van der Waals surface area contributed by atoms with Gasteiger partial charge >= 0.3 is 0 Å². The van der Waals surface area contributed by atoms with Crippen LogP contribution in [0.5, 0.6) is 0 Å². The van der Waals surface area contributed by atoms with Gasteiger partial charge in [-0.1, -0.05) is 0 Å². The predicted octanol–water partition coefficient (Wildman–Crippen LogP) is 1.91. The molecule has 0 aliphatic carbocycles. The molecule has 0 radical (unpaired) electrons. The monoisotopic (exact) mass is 199 g/mol. The van der Waals surface area contributed by atoms with Crippen LogP contribution in [0.1, 0.15) is 11.1 Å². The SMILES string of the molecule is Cc1ccncc1-c1cncc(CN)c1. The number of nitrogens with zero attached hydrogens (tertiary/aromatic N) is 2. The van der Waals surface area contributed by atoms with Gasteiger partial charge in [0.1, 0.15) is 0 Å². The summed E-state index contributed by atoms with van der Waals surface area (Å²) in [4.78, 5) is 8.28. The fourth-order valence-corrected chi connectivity index (χ4v) is 1.51. The van der Waals surface area contributed by atoms with Crippen LogP contribution in [0.15, 0.2) is 36.9 Å². The second-order valence-electron chi connectivity index (χ2n) is 3.48. The summed E-state index contributed by atoms with van der Waals surface area (Å²) in [6.45, 7) is 2.58. The molecule has 3 nitrogen and oxygen atoms in total. The molecule has 0 atom stereocenters. The lowest BCUT2D eigenvalue weighted by molar-refractivity contribution is 1.05. The average Bonchev–Trinajstić information content (AvgIpc) is 2.30. The van der Waals surface area contributed by atoms with Crippen LogP contribution in [0.4, 0.5) is 0 Å². The first kappa shape index (κ1) is 9.80. The van der Waals surface area contributed by atoms with Crippen molar-refractivity contribution >= 4 is 0 Å². The highest BCUT2D eigenvalue weighted by Gasteiger charge is 2.02. The number of aromatic nitrogens is 2. The van der Waals surface area contributed by atoms with Gasteiger partial charge in [0.25, 0.3) is 0 Å². The van der Waals surface area contributed by atoms with Crippen LogP contribution in [-0.2, 0) is 6.54 Å². The van der Waals surface area contributed by atoms with Crippen molar-refractivity contribution in [1.29, 1.82) is 0 Å².